The lowest BCUT2D eigenvalue weighted by Gasteiger charge is -1.94. The molecule has 1 aromatic rings. The Bertz CT molecular complexity index is 202. The van der Waals surface area contributed by atoms with Gasteiger partial charge in [0, 0.05) is 22.7 Å². The zero-order valence-corrected chi connectivity index (χ0v) is 6.98. The third kappa shape index (κ3) is 1.66. The van der Waals surface area contributed by atoms with Crippen LogP contribution < -0.4 is 0 Å². The molecule has 1 aromatic heterocycles. The summed E-state index contributed by atoms with van der Waals surface area (Å²) in [6.07, 6.45) is 3.46. The van der Waals surface area contributed by atoms with Crippen LogP contribution in [0.25, 0.3) is 0 Å². The molecule has 48 valence electrons. The van der Waals surface area contributed by atoms with Gasteiger partial charge in [-0.05, 0) is 27.6 Å². The van der Waals surface area contributed by atoms with E-state index >= 15 is 0 Å². The standard InChI is InChI=1S/C6H5BrClN/c7-6-4-9-2-1-5(6)3-8/h1-2,4H,3H2. The first-order valence-corrected chi connectivity index (χ1v) is 3.81. The fourth-order valence-corrected chi connectivity index (χ4v) is 1.30. The average Bonchev–Trinajstić information content (AvgIpc) is 1.89. The van der Waals surface area contributed by atoms with Crippen molar-refractivity contribution >= 4 is 27.5 Å². The summed E-state index contributed by atoms with van der Waals surface area (Å²) in [5, 5.41) is 0. The lowest BCUT2D eigenvalue weighted by molar-refractivity contribution is 1.24. The van der Waals surface area contributed by atoms with Crippen molar-refractivity contribution in [2.75, 3.05) is 0 Å². The van der Waals surface area contributed by atoms with Crippen molar-refractivity contribution in [3.8, 4) is 0 Å². The highest BCUT2D eigenvalue weighted by atomic mass is 79.9. The van der Waals surface area contributed by atoms with Gasteiger partial charge in [0.05, 0.1) is 0 Å². The van der Waals surface area contributed by atoms with Gasteiger partial charge in [-0.25, -0.2) is 0 Å². The van der Waals surface area contributed by atoms with Crippen LogP contribution in [0.2, 0.25) is 0 Å². The molecule has 0 aliphatic carbocycles. The molecule has 0 amide bonds. The van der Waals surface area contributed by atoms with Crippen molar-refractivity contribution in [1.82, 2.24) is 4.98 Å². The molecule has 0 N–H and O–H groups in total. The summed E-state index contributed by atoms with van der Waals surface area (Å²) >= 11 is 8.88. The molecular weight excluding hydrogens is 201 g/mol. The van der Waals surface area contributed by atoms with Crippen LogP contribution in [0.4, 0.5) is 0 Å². The maximum Gasteiger partial charge on any atom is 0.0486 e. The molecule has 1 heterocycles. The highest BCUT2D eigenvalue weighted by Crippen LogP contribution is 2.15. The molecule has 0 saturated carbocycles. The fraction of sp³-hybridized carbons (Fsp3) is 0.167. The molecule has 0 saturated heterocycles. The molecule has 9 heavy (non-hydrogen) atoms. The third-order valence-electron chi connectivity index (χ3n) is 1.00. The minimum Gasteiger partial charge on any atom is -0.264 e. The van der Waals surface area contributed by atoms with Crippen LogP contribution in [0, 0.1) is 0 Å². The fourth-order valence-electron chi connectivity index (χ4n) is 0.512. The molecule has 0 fully saturated rings. The Kier molecular flexibility index (Phi) is 2.49. The van der Waals surface area contributed by atoms with Crippen molar-refractivity contribution in [2.45, 2.75) is 5.88 Å². The van der Waals surface area contributed by atoms with Crippen molar-refractivity contribution in [2.24, 2.45) is 0 Å². The van der Waals surface area contributed by atoms with Crippen LogP contribution in [-0.2, 0) is 5.88 Å². The molecule has 0 unspecified atom stereocenters. The minimum absolute atomic E-state index is 0.531. The molecule has 0 aliphatic heterocycles. The second kappa shape index (κ2) is 3.18. The quantitative estimate of drug-likeness (QED) is 0.644. The molecule has 0 spiro atoms. The van der Waals surface area contributed by atoms with Gasteiger partial charge in [0.2, 0.25) is 0 Å². The molecule has 0 aromatic carbocycles. The van der Waals surface area contributed by atoms with Gasteiger partial charge < -0.3 is 0 Å². The highest BCUT2D eigenvalue weighted by molar-refractivity contribution is 9.10. The Morgan fingerprint density at radius 1 is 1.67 bits per heavy atom. The van der Waals surface area contributed by atoms with Gasteiger partial charge in [0.25, 0.3) is 0 Å². The normalized spacial score (nSPS) is 9.56. The second-order valence-electron chi connectivity index (χ2n) is 1.60. The largest absolute Gasteiger partial charge is 0.264 e. The van der Waals surface area contributed by atoms with E-state index in [1.807, 2.05) is 6.07 Å². The Morgan fingerprint density at radius 2 is 2.44 bits per heavy atom. The van der Waals surface area contributed by atoms with E-state index in [-0.39, 0.29) is 0 Å². The molecule has 0 bridgehead atoms. The lowest BCUT2D eigenvalue weighted by atomic mass is 10.3. The van der Waals surface area contributed by atoms with Crippen LogP contribution in [0.1, 0.15) is 5.56 Å². The van der Waals surface area contributed by atoms with Gasteiger partial charge in [0.1, 0.15) is 0 Å². The van der Waals surface area contributed by atoms with Crippen LogP contribution in [0.5, 0.6) is 0 Å². The zero-order valence-electron chi connectivity index (χ0n) is 4.64. The van der Waals surface area contributed by atoms with Crippen molar-refractivity contribution in [3.05, 3.63) is 28.5 Å². The summed E-state index contributed by atoms with van der Waals surface area (Å²) in [4.78, 5) is 3.89. The smallest absolute Gasteiger partial charge is 0.0486 e. The van der Waals surface area contributed by atoms with Gasteiger partial charge in [-0.3, -0.25) is 4.98 Å². The zero-order chi connectivity index (χ0) is 6.69. The summed E-state index contributed by atoms with van der Waals surface area (Å²) in [5.74, 6) is 0.531. The predicted molar refractivity (Wildman–Crippen MR) is 41.5 cm³/mol. The SMILES string of the molecule is ClCc1ccncc1Br. The van der Waals surface area contributed by atoms with Crippen LogP contribution >= 0.6 is 27.5 Å². The first-order valence-electron chi connectivity index (χ1n) is 2.49. The Hall–Kier alpha value is -0.0800. The van der Waals surface area contributed by atoms with E-state index in [9.17, 15) is 0 Å². The minimum atomic E-state index is 0.531. The molecular formula is C6H5BrClN. The van der Waals surface area contributed by atoms with Crippen LogP contribution in [-0.4, -0.2) is 4.98 Å². The maximum absolute atomic E-state index is 5.57. The van der Waals surface area contributed by atoms with Gasteiger partial charge in [-0.1, -0.05) is 0 Å². The van der Waals surface area contributed by atoms with Gasteiger partial charge in [0.15, 0.2) is 0 Å². The summed E-state index contributed by atoms with van der Waals surface area (Å²) in [6.45, 7) is 0. The summed E-state index contributed by atoms with van der Waals surface area (Å²) < 4.78 is 0.972. The number of halogens is 2. The number of hydrogen-bond acceptors (Lipinski definition) is 1. The third-order valence-corrected chi connectivity index (χ3v) is 2.00. The van der Waals surface area contributed by atoms with E-state index in [1.54, 1.807) is 12.4 Å². The number of alkyl halides is 1. The molecule has 0 aliphatic rings. The van der Waals surface area contributed by atoms with Gasteiger partial charge in [-0.15, -0.1) is 11.6 Å². The van der Waals surface area contributed by atoms with E-state index < -0.39 is 0 Å². The number of pyridine rings is 1. The molecule has 0 radical (unpaired) electrons. The average molecular weight is 206 g/mol. The van der Waals surface area contributed by atoms with Crippen molar-refractivity contribution < 1.29 is 0 Å². The summed E-state index contributed by atoms with van der Waals surface area (Å²) in [6, 6.07) is 1.89. The Morgan fingerprint density at radius 3 is 2.89 bits per heavy atom. The monoisotopic (exact) mass is 205 g/mol. The molecule has 3 heteroatoms. The Balaban J connectivity index is 3.01. The first-order chi connectivity index (χ1) is 4.34. The molecule has 0 atom stereocenters. The van der Waals surface area contributed by atoms with Crippen molar-refractivity contribution in [3.63, 3.8) is 0 Å². The highest BCUT2D eigenvalue weighted by Gasteiger charge is 1.93. The summed E-state index contributed by atoms with van der Waals surface area (Å²) in [7, 11) is 0. The predicted octanol–water partition coefficient (Wildman–Crippen LogP) is 2.58. The van der Waals surface area contributed by atoms with Crippen molar-refractivity contribution in [1.29, 1.82) is 0 Å². The van der Waals surface area contributed by atoms with E-state index in [1.165, 1.54) is 0 Å². The number of aromatic nitrogens is 1. The number of rotatable bonds is 1. The molecule has 1 rings (SSSR count). The number of nitrogens with zero attached hydrogens (tertiary/aromatic N) is 1. The molecule has 1 nitrogen and oxygen atoms in total. The Labute approximate surface area is 67.2 Å². The second-order valence-corrected chi connectivity index (χ2v) is 2.72. The van der Waals surface area contributed by atoms with E-state index in [0.717, 1.165) is 10.0 Å². The van der Waals surface area contributed by atoms with Gasteiger partial charge >= 0.3 is 0 Å². The number of hydrogen-bond donors (Lipinski definition) is 0. The lowest BCUT2D eigenvalue weighted by Crippen LogP contribution is -1.79. The van der Waals surface area contributed by atoms with Crippen LogP contribution in [0.3, 0.4) is 0 Å². The first kappa shape index (κ1) is 7.03. The maximum atomic E-state index is 5.57. The van der Waals surface area contributed by atoms with Crippen LogP contribution in [0.15, 0.2) is 22.9 Å². The van der Waals surface area contributed by atoms with E-state index in [0.29, 0.717) is 5.88 Å². The topological polar surface area (TPSA) is 12.9 Å². The van der Waals surface area contributed by atoms with E-state index in [2.05, 4.69) is 20.9 Å². The van der Waals surface area contributed by atoms with Gasteiger partial charge in [-0.2, -0.15) is 0 Å². The van der Waals surface area contributed by atoms with E-state index in [4.69, 9.17) is 11.6 Å². The summed E-state index contributed by atoms with van der Waals surface area (Å²) in [5.41, 5.74) is 1.08.